The second-order valence-electron chi connectivity index (χ2n) is 4.16. The zero-order valence-electron chi connectivity index (χ0n) is 10.7. The number of nitrogens with zero attached hydrogens (tertiary/aromatic N) is 2. The van der Waals surface area contributed by atoms with Gasteiger partial charge in [-0.3, -0.25) is 5.10 Å². The lowest BCUT2D eigenvalue weighted by atomic mass is 10.2. The van der Waals surface area contributed by atoms with Gasteiger partial charge in [0.1, 0.15) is 12.2 Å². The lowest BCUT2D eigenvalue weighted by Crippen LogP contribution is -2.27. The number of aromatic amines is 1. The minimum atomic E-state index is -3.86. The van der Waals surface area contributed by atoms with Crippen LogP contribution in [0.5, 0.6) is 0 Å². The fourth-order valence-electron chi connectivity index (χ4n) is 1.62. The third kappa shape index (κ3) is 3.57. The SMILES string of the molecule is CC(NS(=O)(=O)c1ccc(I)c(C(=O)O)c1)c1ncn[nH]1. The van der Waals surface area contributed by atoms with Crippen molar-refractivity contribution in [3.63, 3.8) is 0 Å². The highest BCUT2D eigenvalue weighted by Crippen LogP contribution is 2.19. The summed E-state index contributed by atoms with van der Waals surface area (Å²) in [5.41, 5.74) is -0.0641. The molecular formula is C11H11IN4O4S. The quantitative estimate of drug-likeness (QED) is 0.621. The Morgan fingerprint density at radius 2 is 2.19 bits per heavy atom. The first-order valence-electron chi connectivity index (χ1n) is 5.71. The first-order chi connectivity index (χ1) is 9.81. The number of aromatic carboxylic acids is 1. The van der Waals surface area contributed by atoms with Gasteiger partial charge in [-0.15, -0.1) is 0 Å². The minimum absolute atomic E-state index is 0.0641. The molecule has 0 aliphatic rings. The van der Waals surface area contributed by atoms with Crippen LogP contribution >= 0.6 is 22.6 Å². The summed E-state index contributed by atoms with van der Waals surface area (Å²) >= 11 is 1.84. The van der Waals surface area contributed by atoms with Gasteiger partial charge in [0.25, 0.3) is 0 Å². The van der Waals surface area contributed by atoms with Gasteiger partial charge in [0.2, 0.25) is 10.0 Å². The van der Waals surface area contributed by atoms with Crippen molar-refractivity contribution in [2.75, 3.05) is 0 Å². The van der Waals surface area contributed by atoms with Gasteiger partial charge >= 0.3 is 5.97 Å². The van der Waals surface area contributed by atoms with Gasteiger partial charge < -0.3 is 5.11 Å². The number of carboxylic acids is 1. The predicted octanol–water partition coefficient (Wildman–Crippen LogP) is 1.15. The van der Waals surface area contributed by atoms with E-state index in [9.17, 15) is 13.2 Å². The van der Waals surface area contributed by atoms with Crippen LogP contribution in [0.2, 0.25) is 0 Å². The Balaban J connectivity index is 2.32. The molecule has 1 atom stereocenters. The van der Waals surface area contributed by atoms with E-state index in [4.69, 9.17) is 5.11 Å². The molecule has 0 aliphatic carbocycles. The van der Waals surface area contributed by atoms with E-state index < -0.39 is 22.0 Å². The Labute approximate surface area is 134 Å². The molecule has 10 heteroatoms. The van der Waals surface area contributed by atoms with Gasteiger partial charge in [-0.2, -0.15) is 5.10 Å². The number of hydrogen-bond donors (Lipinski definition) is 3. The molecule has 3 N–H and O–H groups in total. The molecule has 0 saturated carbocycles. The molecule has 2 aromatic rings. The van der Waals surface area contributed by atoms with Crippen molar-refractivity contribution in [3.05, 3.63) is 39.5 Å². The third-order valence-electron chi connectivity index (χ3n) is 2.65. The maximum atomic E-state index is 12.3. The van der Waals surface area contributed by atoms with E-state index in [1.54, 1.807) is 6.92 Å². The van der Waals surface area contributed by atoms with Crippen LogP contribution in [0.25, 0.3) is 0 Å². The van der Waals surface area contributed by atoms with Crippen molar-refractivity contribution in [3.8, 4) is 0 Å². The van der Waals surface area contributed by atoms with E-state index in [0.717, 1.165) is 6.07 Å². The van der Waals surface area contributed by atoms with Crippen LogP contribution < -0.4 is 4.72 Å². The predicted molar refractivity (Wildman–Crippen MR) is 81.2 cm³/mol. The Morgan fingerprint density at radius 3 is 2.76 bits per heavy atom. The average molecular weight is 422 g/mol. The van der Waals surface area contributed by atoms with Gasteiger partial charge in [-0.1, -0.05) is 0 Å². The summed E-state index contributed by atoms with van der Waals surface area (Å²) in [4.78, 5) is 14.8. The molecule has 2 rings (SSSR count). The van der Waals surface area contributed by atoms with Crippen LogP contribution in [0.1, 0.15) is 29.1 Å². The van der Waals surface area contributed by atoms with Crippen molar-refractivity contribution in [1.82, 2.24) is 19.9 Å². The molecule has 0 amide bonds. The van der Waals surface area contributed by atoms with Crippen LogP contribution in [0.15, 0.2) is 29.4 Å². The zero-order chi connectivity index (χ0) is 15.6. The summed E-state index contributed by atoms with van der Waals surface area (Å²) in [6, 6.07) is 3.30. The van der Waals surface area contributed by atoms with E-state index in [1.807, 2.05) is 22.6 Å². The Hall–Kier alpha value is -1.53. The first kappa shape index (κ1) is 15.9. The molecule has 112 valence electrons. The summed E-state index contributed by atoms with van der Waals surface area (Å²) in [6.07, 6.45) is 1.27. The summed E-state index contributed by atoms with van der Waals surface area (Å²) in [5, 5.41) is 15.3. The monoisotopic (exact) mass is 422 g/mol. The van der Waals surface area contributed by atoms with E-state index in [0.29, 0.717) is 9.39 Å². The van der Waals surface area contributed by atoms with Gasteiger partial charge in [0.05, 0.1) is 16.5 Å². The molecule has 21 heavy (non-hydrogen) atoms. The minimum Gasteiger partial charge on any atom is -0.478 e. The highest BCUT2D eigenvalue weighted by Gasteiger charge is 2.22. The van der Waals surface area contributed by atoms with Crippen molar-refractivity contribution in [2.45, 2.75) is 17.9 Å². The highest BCUT2D eigenvalue weighted by molar-refractivity contribution is 14.1. The number of halogens is 1. The number of benzene rings is 1. The van der Waals surface area contributed by atoms with E-state index in [-0.39, 0.29) is 10.5 Å². The third-order valence-corrected chi connectivity index (χ3v) is 5.13. The molecule has 1 unspecified atom stereocenters. The largest absolute Gasteiger partial charge is 0.478 e. The average Bonchev–Trinajstić information content (AvgIpc) is 2.92. The second-order valence-corrected chi connectivity index (χ2v) is 7.04. The molecule has 0 bridgehead atoms. The summed E-state index contributed by atoms with van der Waals surface area (Å²) in [7, 11) is -3.86. The van der Waals surface area contributed by atoms with Gasteiger partial charge in [-0.25, -0.2) is 22.9 Å². The second kappa shape index (κ2) is 6.07. The molecule has 8 nitrogen and oxygen atoms in total. The van der Waals surface area contributed by atoms with E-state index in [2.05, 4.69) is 19.9 Å². The van der Waals surface area contributed by atoms with Gasteiger partial charge in [0, 0.05) is 3.57 Å². The summed E-state index contributed by atoms with van der Waals surface area (Å²) in [5.74, 6) is -0.817. The van der Waals surface area contributed by atoms with Gasteiger partial charge in [-0.05, 0) is 47.7 Å². The lowest BCUT2D eigenvalue weighted by molar-refractivity contribution is 0.0695. The molecule has 0 saturated heterocycles. The summed E-state index contributed by atoms with van der Waals surface area (Å²) < 4.78 is 27.4. The molecule has 0 radical (unpaired) electrons. The van der Waals surface area contributed by atoms with Crippen molar-refractivity contribution in [1.29, 1.82) is 0 Å². The number of hydrogen-bond acceptors (Lipinski definition) is 5. The number of sulfonamides is 1. The van der Waals surface area contributed by atoms with E-state index in [1.165, 1.54) is 18.5 Å². The van der Waals surface area contributed by atoms with Crippen LogP contribution in [0.4, 0.5) is 0 Å². The fraction of sp³-hybridized carbons (Fsp3) is 0.182. The number of carbonyl (C=O) groups is 1. The molecule has 1 aromatic carbocycles. The maximum absolute atomic E-state index is 12.3. The standard InChI is InChI=1S/C11H11IN4O4S/c1-6(10-13-5-14-15-10)16-21(19,20)7-2-3-9(12)8(4-7)11(17)18/h2-6,16H,1H3,(H,17,18)(H,13,14,15). The smallest absolute Gasteiger partial charge is 0.336 e. The number of carboxylic acid groups (broad SMARTS) is 1. The van der Waals surface area contributed by atoms with Crippen LogP contribution in [-0.4, -0.2) is 34.7 Å². The molecule has 0 fully saturated rings. The maximum Gasteiger partial charge on any atom is 0.336 e. The number of nitrogens with one attached hydrogen (secondary N) is 2. The normalized spacial score (nSPS) is 13.0. The van der Waals surface area contributed by atoms with E-state index >= 15 is 0 Å². The number of aromatic nitrogens is 3. The van der Waals surface area contributed by atoms with Crippen LogP contribution in [0, 0.1) is 3.57 Å². The van der Waals surface area contributed by atoms with Crippen molar-refractivity contribution >= 4 is 38.6 Å². The van der Waals surface area contributed by atoms with Crippen LogP contribution in [-0.2, 0) is 10.0 Å². The number of rotatable bonds is 5. The van der Waals surface area contributed by atoms with Crippen LogP contribution in [0.3, 0.4) is 0 Å². The Bertz CT molecular complexity index is 761. The Kier molecular flexibility index (Phi) is 4.58. The van der Waals surface area contributed by atoms with Crippen molar-refractivity contribution in [2.24, 2.45) is 0 Å². The number of H-pyrrole nitrogens is 1. The fourth-order valence-corrected chi connectivity index (χ4v) is 3.42. The lowest BCUT2D eigenvalue weighted by Gasteiger charge is -2.12. The topological polar surface area (TPSA) is 125 Å². The zero-order valence-corrected chi connectivity index (χ0v) is 13.7. The Morgan fingerprint density at radius 1 is 1.48 bits per heavy atom. The van der Waals surface area contributed by atoms with Crippen molar-refractivity contribution < 1.29 is 18.3 Å². The molecule has 0 spiro atoms. The molecule has 0 aliphatic heterocycles. The van der Waals surface area contributed by atoms with Gasteiger partial charge in [0.15, 0.2) is 0 Å². The molecule has 1 heterocycles. The summed E-state index contributed by atoms with van der Waals surface area (Å²) in [6.45, 7) is 1.60. The highest BCUT2D eigenvalue weighted by atomic mass is 127. The first-order valence-corrected chi connectivity index (χ1v) is 8.28. The molecular weight excluding hydrogens is 411 g/mol. The molecule has 1 aromatic heterocycles.